The summed E-state index contributed by atoms with van der Waals surface area (Å²) in [6.07, 6.45) is 0.813. The van der Waals surface area contributed by atoms with Crippen LogP contribution in [0, 0.1) is 11.6 Å². The number of allylic oxidation sites excluding steroid dienone is 1. The van der Waals surface area contributed by atoms with Gasteiger partial charge in [0.1, 0.15) is 11.6 Å². The summed E-state index contributed by atoms with van der Waals surface area (Å²) in [5.74, 6) is -3.04. The first-order chi connectivity index (χ1) is 12.8. The summed E-state index contributed by atoms with van der Waals surface area (Å²) in [5, 5.41) is 14.7. The quantitative estimate of drug-likeness (QED) is 0.639. The van der Waals surface area contributed by atoms with Crippen molar-refractivity contribution in [1.29, 1.82) is 0 Å². The molecule has 0 heterocycles. The van der Waals surface area contributed by atoms with Crippen molar-refractivity contribution in [3.63, 3.8) is 0 Å². The van der Waals surface area contributed by atoms with E-state index in [-0.39, 0.29) is 12.0 Å². The van der Waals surface area contributed by atoms with Crippen LogP contribution in [0.5, 0.6) is 0 Å². The van der Waals surface area contributed by atoms with Crippen molar-refractivity contribution >= 4 is 28.8 Å². The number of hydrogen-bond donors (Lipinski definition) is 3. The third-order valence-electron chi connectivity index (χ3n) is 3.82. The molecule has 0 radical (unpaired) electrons. The van der Waals surface area contributed by atoms with Gasteiger partial charge in [-0.15, -0.1) is 0 Å². The molecule has 0 saturated carbocycles. The number of aliphatic carboxylic acids is 1. The van der Waals surface area contributed by atoms with Gasteiger partial charge >= 0.3 is 5.97 Å². The molecule has 0 fully saturated rings. The standard InChI is InChI=1S/C20H20F2N2O3/c1-3-23-17-7-5-13(12(2)8-20(26)27)9-18(17)24-19(25)10-14-4-6-15(21)11-16(14)22/h4-9,11,23H,3,10H2,1-2H3,(H,24,25)(H,26,27)/b12-8-. The molecular formula is C20H20F2N2O3. The highest BCUT2D eigenvalue weighted by Gasteiger charge is 2.12. The van der Waals surface area contributed by atoms with Crippen LogP contribution in [-0.4, -0.2) is 23.5 Å². The minimum atomic E-state index is -1.07. The number of carboxylic acid groups (broad SMARTS) is 1. The van der Waals surface area contributed by atoms with Gasteiger partial charge in [0.15, 0.2) is 0 Å². The fourth-order valence-corrected chi connectivity index (χ4v) is 2.54. The zero-order chi connectivity index (χ0) is 20.0. The van der Waals surface area contributed by atoms with Crippen LogP contribution in [0.1, 0.15) is 25.0 Å². The molecule has 5 nitrogen and oxygen atoms in total. The molecule has 0 aromatic heterocycles. The molecular weight excluding hydrogens is 354 g/mol. The summed E-state index contributed by atoms with van der Waals surface area (Å²) in [6, 6.07) is 8.16. The number of carboxylic acids is 1. The molecule has 27 heavy (non-hydrogen) atoms. The lowest BCUT2D eigenvalue weighted by molar-refractivity contribution is -0.131. The Bertz CT molecular complexity index is 895. The van der Waals surface area contributed by atoms with Gasteiger partial charge in [-0.2, -0.15) is 0 Å². The number of halogens is 2. The molecule has 0 bridgehead atoms. The lowest BCUT2D eigenvalue weighted by atomic mass is 10.0. The zero-order valence-corrected chi connectivity index (χ0v) is 15.0. The highest BCUT2D eigenvalue weighted by Crippen LogP contribution is 2.27. The van der Waals surface area contributed by atoms with Crippen LogP contribution in [0.25, 0.3) is 5.57 Å². The molecule has 0 aliphatic carbocycles. The van der Waals surface area contributed by atoms with Crippen LogP contribution < -0.4 is 10.6 Å². The van der Waals surface area contributed by atoms with Gasteiger partial charge in [-0.05, 0) is 48.7 Å². The maximum Gasteiger partial charge on any atom is 0.328 e. The van der Waals surface area contributed by atoms with Crippen molar-refractivity contribution in [3.05, 3.63) is 65.2 Å². The van der Waals surface area contributed by atoms with E-state index in [0.717, 1.165) is 18.2 Å². The number of hydrogen-bond acceptors (Lipinski definition) is 3. The second-order valence-electron chi connectivity index (χ2n) is 5.92. The molecule has 2 aromatic carbocycles. The molecule has 0 aliphatic rings. The molecule has 0 spiro atoms. The van der Waals surface area contributed by atoms with E-state index in [1.807, 2.05) is 6.92 Å². The Morgan fingerprint density at radius 3 is 2.48 bits per heavy atom. The average Bonchev–Trinajstić information content (AvgIpc) is 2.58. The maximum atomic E-state index is 13.7. The summed E-state index contributed by atoms with van der Waals surface area (Å²) < 4.78 is 26.7. The summed E-state index contributed by atoms with van der Waals surface area (Å²) >= 11 is 0. The Labute approximate surface area is 155 Å². The molecule has 7 heteroatoms. The van der Waals surface area contributed by atoms with E-state index in [1.54, 1.807) is 25.1 Å². The third kappa shape index (κ3) is 5.64. The van der Waals surface area contributed by atoms with Crippen molar-refractivity contribution in [2.75, 3.05) is 17.2 Å². The Hall–Kier alpha value is -3.22. The topological polar surface area (TPSA) is 78.4 Å². The lowest BCUT2D eigenvalue weighted by Gasteiger charge is -2.14. The van der Waals surface area contributed by atoms with Crippen molar-refractivity contribution in [3.8, 4) is 0 Å². The first-order valence-corrected chi connectivity index (χ1v) is 8.33. The normalized spacial score (nSPS) is 11.2. The van der Waals surface area contributed by atoms with Crippen LogP contribution in [0.15, 0.2) is 42.5 Å². The van der Waals surface area contributed by atoms with Crippen LogP contribution in [-0.2, 0) is 16.0 Å². The van der Waals surface area contributed by atoms with Gasteiger partial charge in [0.25, 0.3) is 0 Å². The van der Waals surface area contributed by atoms with Gasteiger partial charge in [0, 0.05) is 18.7 Å². The van der Waals surface area contributed by atoms with Crippen molar-refractivity contribution in [2.24, 2.45) is 0 Å². The number of amides is 1. The van der Waals surface area contributed by atoms with E-state index in [0.29, 0.717) is 29.1 Å². The molecule has 142 valence electrons. The van der Waals surface area contributed by atoms with E-state index in [9.17, 15) is 18.4 Å². The predicted octanol–water partition coefficient (Wildman–Crippen LogP) is 4.07. The second-order valence-corrected chi connectivity index (χ2v) is 5.92. The number of anilines is 2. The second kappa shape index (κ2) is 8.93. The smallest absolute Gasteiger partial charge is 0.328 e. The van der Waals surface area contributed by atoms with E-state index >= 15 is 0 Å². The lowest BCUT2D eigenvalue weighted by Crippen LogP contribution is -2.17. The summed E-state index contributed by atoms with van der Waals surface area (Å²) in [7, 11) is 0. The van der Waals surface area contributed by atoms with Gasteiger partial charge < -0.3 is 15.7 Å². The first kappa shape index (κ1) is 20.1. The van der Waals surface area contributed by atoms with Gasteiger partial charge in [0.2, 0.25) is 5.91 Å². The van der Waals surface area contributed by atoms with Gasteiger partial charge in [-0.3, -0.25) is 4.79 Å². The Morgan fingerprint density at radius 2 is 1.85 bits per heavy atom. The van der Waals surface area contributed by atoms with E-state index in [1.165, 1.54) is 6.07 Å². The largest absolute Gasteiger partial charge is 0.478 e. The third-order valence-corrected chi connectivity index (χ3v) is 3.82. The molecule has 2 rings (SSSR count). The predicted molar refractivity (Wildman–Crippen MR) is 101 cm³/mol. The Morgan fingerprint density at radius 1 is 1.11 bits per heavy atom. The highest BCUT2D eigenvalue weighted by molar-refractivity contribution is 5.97. The molecule has 1 amide bonds. The van der Waals surface area contributed by atoms with Crippen molar-refractivity contribution in [2.45, 2.75) is 20.3 Å². The number of carbonyl (C=O) groups excluding carboxylic acids is 1. The monoisotopic (exact) mass is 374 g/mol. The Balaban J connectivity index is 2.26. The zero-order valence-electron chi connectivity index (χ0n) is 15.0. The van der Waals surface area contributed by atoms with Crippen LogP contribution in [0.2, 0.25) is 0 Å². The van der Waals surface area contributed by atoms with E-state index < -0.39 is 23.5 Å². The first-order valence-electron chi connectivity index (χ1n) is 8.33. The van der Waals surface area contributed by atoms with E-state index in [4.69, 9.17) is 5.11 Å². The van der Waals surface area contributed by atoms with Crippen LogP contribution in [0.3, 0.4) is 0 Å². The van der Waals surface area contributed by atoms with Gasteiger partial charge in [0.05, 0.1) is 17.8 Å². The SMILES string of the molecule is CCNc1ccc(/C(C)=C\C(=O)O)cc1NC(=O)Cc1ccc(F)cc1F. The number of carbonyl (C=O) groups is 2. The summed E-state index contributed by atoms with van der Waals surface area (Å²) in [6.45, 7) is 4.15. The molecule has 0 aliphatic heterocycles. The summed E-state index contributed by atoms with van der Waals surface area (Å²) in [5.41, 5.74) is 2.32. The van der Waals surface area contributed by atoms with Crippen molar-refractivity contribution < 1.29 is 23.5 Å². The average molecular weight is 374 g/mol. The summed E-state index contributed by atoms with van der Waals surface area (Å²) in [4.78, 5) is 23.2. The molecule has 0 unspecified atom stereocenters. The highest BCUT2D eigenvalue weighted by atomic mass is 19.1. The number of benzene rings is 2. The van der Waals surface area contributed by atoms with Gasteiger partial charge in [-0.1, -0.05) is 12.1 Å². The Kier molecular flexibility index (Phi) is 6.65. The molecule has 0 atom stereocenters. The minimum absolute atomic E-state index is 0.0806. The fraction of sp³-hybridized carbons (Fsp3) is 0.200. The molecule has 0 saturated heterocycles. The molecule has 3 N–H and O–H groups in total. The van der Waals surface area contributed by atoms with E-state index in [2.05, 4.69) is 10.6 Å². The maximum absolute atomic E-state index is 13.7. The van der Waals surface area contributed by atoms with Crippen molar-refractivity contribution in [1.82, 2.24) is 0 Å². The minimum Gasteiger partial charge on any atom is -0.478 e. The number of nitrogens with one attached hydrogen (secondary N) is 2. The van der Waals surface area contributed by atoms with Crippen LogP contribution in [0.4, 0.5) is 20.2 Å². The van der Waals surface area contributed by atoms with Crippen LogP contribution >= 0.6 is 0 Å². The molecule has 2 aromatic rings. The van der Waals surface area contributed by atoms with Gasteiger partial charge in [-0.25, -0.2) is 13.6 Å². The fourth-order valence-electron chi connectivity index (χ4n) is 2.54. The number of rotatable bonds is 7.